The highest BCUT2D eigenvalue weighted by atomic mass is 35.5. The van der Waals surface area contributed by atoms with E-state index in [9.17, 15) is 9.59 Å². The molecule has 0 saturated heterocycles. The van der Waals surface area contributed by atoms with E-state index in [1.807, 2.05) is 6.07 Å². The van der Waals surface area contributed by atoms with Crippen LogP contribution in [0.2, 0.25) is 0 Å². The Morgan fingerprint density at radius 3 is 2.88 bits per heavy atom. The van der Waals surface area contributed by atoms with Crippen LogP contribution in [0, 0.1) is 0 Å². The van der Waals surface area contributed by atoms with Gasteiger partial charge in [0.05, 0.1) is 12.7 Å². The van der Waals surface area contributed by atoms with Crippen LogP contribution < -0.4 is 4.90 Å². The van der Waals surface area contributed by atoms with E-state index in [2.05, 4.69) is 4.74 Å². The molecule has 17 heavy (non-hydrogen) atoms. The fourth-order valence-corrected chi connectivity index (χ4v) is 2.10. The van der Waals surface area contributed by atoms with Gasteiger partial charge >= 0.3 is 5.97 Å². The van der Waals surface area contributed by atoms with E-state index in [1.165, 1.54) is 7.11 Å². The van der Waals surface area contributed by atoms with Gasteiger partial charge in [0, 0.05) is 12.2 Å². The predicted molar refractivity (Wildman–Crippen MR) is 64.6 cm³/mol. The van der Waals surface area contributed by atoms with Crippen molar-refractivity contribution in [2.75, 3.05) is 24.4 Å². The first-order chi connectivity index (χ1) is 8.17. The van der Waals surface area contributed by atoms with E-state index in [-0.39, 0.29) is 11.8 Å². The van der Waals surface area contributed by atoms with E-state index in [0.717, 1.165) is 17.7 Å². The number of hydrogen-bond donors (Lipinski definition) is 0. The number of fused-ring (bicyclic) bond motifs is 1. The summed E-state index contributed by atoms with van der Waals surface area (Å²) in [4.78, 5) is 24.6. The molecule has 0 aliphatic carbocycles. The maximum atomic E-state index is 11.6. The Bertz CT molecular complexity index is 473. The molecule has 90 valence electrons. The quantitative estimate of drug-likeness (QED) is 0.594. The largest absolute Gasteiger partial charge is 0.465 e. The monoisotopic (exact) mass is 253 g/mol. The van der Waals surface area contributed by atoms with E-state index < -0.39 is 5.97 Å². The molecule has 0 spiro atoms. The molecule has 1 aromatic rings. The second kappa shape index (κ2) is 4.75. The number of alkyl halides is 1. The number of ether oxygens (including phenoxy) is 1. The lowest BCUT2D eigenvalue weighted by Gasteiger charge is -2.16. The molecule has 0 N–H and O–H groups in total. The number of carbonyl (C=O) groups excluding carboxylic acids is 2. The Balaban J connectivity index is 2.37. The number of benzene rings is 1. The van der Waals surface area contributed by atoms with Crippen molar-refractivity contribution in [1.82, 2.24) is 0 Å². The molecule has 0 unspecified atom stereocenters. The van der Waals surface area contributed by atoms with E-state index in [1.54, 1.807) is 17.0 Å². The molecule has 0 atom stereocenters. The van der Waals surface area contributed by atoms with E-state index in [4.69, 9.17) is 11.6 Å². The summed E-state index contributed by atoms with van der Waals surface area (Å²) in [6, 6.07) is 5.24. The lowest BCUT2D eigenvalue weighted by atomic mass is 10.1. The third-order valence-electron chi connectivity index (χ3n) is 2.82. The number of halogens is 1. The molecular formula is C12H12ClNO3. The zero-order valence-electron chi connectivity index (χ0n) is 9.40. The summed E-state index contributed by atoms with van der Waals surface area (Å²) in [5.41, 5.74) is 2.26. The normalized spacial score (nSPS) is 13.4. The van der Waals surface area contributed by atoms with Gasteiger partial charge in [-0.2, -0.15) is 0 Å². The standard InChI is InChI=1S/C12H12ClNO3/c1-17-12(16)9-3-2-8-4-5-14(10(8)6-9)11(15)7-13/h2-3,6H,4-5,7H2,1H3. The first-order valence-electron chi connectivity index (χ1n) is 5.25. The molecule has 1 heterocycles. The number of esters is 1. The minimum Gasteiger partial charge on any atom is -0.465 e. The van der Waals surface area contributed by atoms with Crippen molar-refractivity contribution < 1.29 is 14.3 Å². The van der Waals surface area contributed by atoms with Crippen LogP contribution in [0.3, 0.4) is 0 Å². The van der Waals surface area contributed by atoms with Gasteiger partial charge in [-0.15, -0.1) is 11.6 Å². The van der Waals surface area contributed by atoms with Crippen LogP contribution >= 0.6 is 11.6 Å². The maximum Gasteiger partial charge on any atom is 0.337 e. The minimum atomic E-state index is -0.405. The summed E-state index contributed by atoms with van der Waals surface area (Å²) in [5.74, 6) is -0.604. The molecule has 2 rings (SSSR count). The van der Waals surface area contributed by atoms with Gasteiger partial charge in [-0.05, 0) is 24.1 Å². The summed E-state index contributed by atoms with van der Waals surface area (Å²) < 4.78 is 4.65. The number of amides is 1. The molecule has 1 aromatic carbocycles. The lowest BCUT2D eigenvalue weighted by Crippen LogP contribution is -2.29. The third-order valence-corrected chi connectivity index (χ3v) is 3.05. The van der Waals surface area contributed by atoms with Crippen molar-refractivity contribution in [3.8, 4) is 0 Å². The van der Waals surface area contributed by atoms with Crippen molar-refractivity contribution in [1.29, 1.82) is 0 Å². The summed E-state index contributed by atoms with van der Waals surface area (Å²) in [6.07, 6.45) is 0.791. The first kappa shape index (κ1) is 11.9. The van der Waals surface area contributed by atoms with Crippen LogP contribution in [0.25, 0.3) is 0 Å². The zero-order chi connectivity index (χ0) is 12.4. The van der Waals surface area contributed by atoms with Crippen LogP contribution in [-0.4, -0.2) is 31.4 Å². The fourth-order valence-electron chi connectivity index (χ4n) is 1.96. The average molecular weight is 254 g/mol. The molecule has 0 radical (unpaired) electrons. The van der Waals surface area contributed by atoms with Crippen LogP contribution in [0.5, 0.6) is 0 Å². The summed E-state index contributed by atoms with van der Waals surface area (Å²) in [6.45, 7) is 0.617. The van der Waals surface area contributed by atoms with Crippen molar-refractivity contribution >= 4 is 29.2 Å². The van der Waals surface area contributed by atoms with Crippen molar-refractivity contribution in [3.05, 3.63) is 29.3 Å². The average Bonchev–Trinajstić information content (AvgIpc) is 2.79. The van der Waals surface area contributed by atoms with Crippen LogP contribution in [-0.2, 0) is 16.0 Å². The molecule has 0 aromatic heterocycles. The molecule has 1 amide bonds. The molecule has 0 fully saturated rings. The number of rotatable bonds is 2. The summed E-state index contributed by atoms with van der Waals surface area (Å²) in [5, 5.41) is 0. The number of anilines is 1. The number of methoxy groups -OCH3 is 1. The molecule has 1 aliphatic rings. The van der Waals surface area contributed by atoms with E-state index >= 15 is 0 Å². The van der Waals surface area contributed by atoms with Gasteiger partial charge < -0.3 is 9.64 Å². The summed E-state index contributed by atoms with van der Waals surface area (Å²) in [7, 11) is 1.33. The highest BCUT2D eigenvalue weighted by Gasteiger charge is 2.25. The van der Waals surface area contributed by atoms with E-state index in [0.29, 0.717) is 12.1 Å². The highest BCUT2D eigenvalue weighted by Crippen LogP contribution is 2.29. The number of carbonyl (C=O) groups is 2. The first-order valence-corrected chi connectivity index (χ1v) is 5.78. The van der Waals surface area contributed by atoms with Gasteiger partial charge in [-0.3, -0.25) is 4.79 Å². The Morgan fingerprint density at radius 2 is 2.24 bits per heavy atom. The maximum absolute atomic E-state index is 11.6. The summed E-state index contributed by atoms with van der Waals surface area (Å²) >= 11 is 5.55. The van der Waals surface area contributed by atoms with Crippen LogP contribution in [0.15, 0.2) is 18.2 Å². The van der Waals surface area contributed by atoms with Gasteiger partial charge in [-0.25, -0.2) is 4.79 Å². The number of nitrogens with zero attached hydrogens (tertiary/aromatic N) is 1. The van der Waals surface area contributed by atoms with Crippen LogP contribution in [0.4, 0.5) is 5.69 Å². The third kappa shape index (κ3) is 2.13. The second-order valence-electron chi connectivity index (χ2n) is 3.76. The Kier molecular flexibility index (Phi) is 3.33. The second-order valence-corrected chi connectivity index (χ2v) is 4.03. The molecule has 5 heteroatoms. The van der Waals surface area contributed by atoms with Crippen molar-refractivity contribution in [2.24, 2.45) is 0 Å². The fraction of sp³-hybridized carbons (Fsp3) is 0.333. The van der Waals surface area contributed by atoms with Crippen molar-refractivity contribution in [2.45, 2.75) is 6.42 Å². The predicted octanol–water partition coefficient (Wildman–Crippen LogP) is 1.60. The molecular weight excluding hydrogens is 242 g/mol. The topological polar surface area (TPSA) is 46.6 Å². The lowest BCUT2D eigenvalue weighted by molar-refractivity contribution is -0.116. The molecule has 0 bridgehead atoms. The smallest absolute Gasteiger partial charge is 0.337 e. The zero-order valence-corrected chi connectivity index (χ0v) is 10.2. The Labute approximate surface area is 104 Å². The Hall–Kier alpha value is -1.55. The molecule has 1 aliphatic heterocycles. The van der Waals surface area contributed by atoms with Gasteiger partial charge in [0.15, 0.2) is 0 Å². The van der Waals surface area contributed by atoms with Gasteiger partial charge in [-0.1, -0.05) is 6.07 Å². The SMILES string of the molecule is COC(=O)c1ccc2c(c1)N(C(=O)CCl)CC2. The highest BCUT2D eigenvalue weighted by molar-refractivity contribution is 6.29. The molecule has 4 nitrogen and oxygen atoms in total. The molecule has 0 saturated carbocycles. The van der Waals surface area contributed by atoms with Gasteiger partial charge in [0.2, 0.25) is 5.91 Å². The minimum absolute atomic E-state index is 0.0537. The van der Waals surface area contributed by atoms with Crippen molar-refractivity contribution in [3.63, 3.8) is 0 Å². The Morgan fingerprint density at radius 1 is 1.47 bits per heavy atom. The van der Waals surface area contributed by atoms with Gasteiger partial charge in [0.25, 0.3) is 0 Å². The van der Waals surface area contributed by atoms with Crippen LogP contribution in [0.1, 0.15) is 15.9 Å². The number of hydrogen-bond acceptors (Lipinski definition) is 3. The van der Waals surface area contributed by atoms with Gasteiger partial charge in [0.1, 0.15) is 5.88 Å².